The molecule has 8 nitrogen and oxygen atoms in total. The first kappa shape index (κ1) is 14.8. The van der Waals surface area contributed by atoms with Gasteiger partial charge in [-0.25, -0.2) is 18.1 Å². The summed E-state index contributed by atoms with van der Waals surface area (Å²) in [6.07, 6.45) is 3.73. The summed E-state index contributed by atoms with van der Waals surface area (Å²) in [4.78, 5) is 14.8. The zero-order chi connectivity index (χ0) is 14.9. The van der Waals surface area contributed by atoms with Crippen LogP contribution in [0.2, 0.25) is 0 Å². The number of nitrogens with zero attached hydrogens (tertiary/aromatic N) is 2. The minimum Gasteiger partial charge on any atom is -0.381 e. The SMILES string of the molecule is Cn1cnc(N)c1S(=O)(=O)NC1CCC(C(N)=O)CC1. The van der Waals surface area contributed by atoms with Crippen LogP contribution >= 0.6 is 0 Å². The lowest BCUT2D eigenvalue weighted by atomic mass is 9.86. The van der Waals surface area contributed by atoms with Gasteiger partial charge < -0.3 is 16.0 Å². The summed E-state index contributed by atoms with van der Waals surface area (Å²) in [6, 6.07) is -0.204. The smallest absolute Gasteiger partial charge is 0.260 e. The largest absolute Gasteiger partial charge is 0.381 e. The van der Waals surface area contributed by atoms with E-state index in [1.165, 1.54) is 10.9 Å². The number of hydrogen-bond acceptors (Lipinski definition) is 5. The van der Waals surface area contributed by atoms with Gasteiger partial charge in [-0.3, -0.25) is 4.79 Å². The van der Waals surface area contributed by atoms with Crippen molar-refractivity contribution in [3.05, 3.63) is 6.33 Å². The molecule has 1 saturated carbocycles. The van der Waals surface area contributed by atoms with Crippen molar-refractivity contribution >= 4 is 21.7 Å². The number of aryl methyl sites for hydroxylation is 1. The maximum absolute atomic E-state index is 12.3. The van der Waals surface area contributed by atoms with E-state index in [1.807, 2.05) is 0 Å². The minimum absolute atomic E-state index is 0.0224. The van der Waals surface area contributed by atoms with E-state index in [4.69, 9.17) is 11.5 Å². The fraction of sp³-hybridized carbons (Fsp3) is 0.636. The van der Waals surface area contributed by atoms with Crippen LogP contribution in [0.3, 0.4) is 0 Å². The van der Waals surface area contributed by atoms with E-state index < -0.39 is 10.0 Å². The van der Waals surface area contributed by atoms with Crippen molar-refractivity contribution in [2.75, 3.05) is 5.73 Å². The molecule has 0 radical (unpaired) electrons. The van der Waals surface area contributed by atoms with Gasteiger partial charge in [0.05, 0.1) is 6.33 Å². The molecule has 1 heterocycles. The predicted molar refractivity (Wildman–Crippen MR) is 72.9 cm³/mol. The normalized spacial score (nSPS) is 23.6. The second-order valence-corrected chi connectivity index (χ2v) is 6.75. The third-order valence-corrected chi connectivity index (χ3v) is 5.27. The summed E-state index contributed by atoms with van der Waals surface area (Å²) in [6.45, 7) is 0. The van der Waals surface area contributed by atoms with Crippen molar-refractivity contribution in [2.45, 2.75) is 36.8 Å². The summed E-state index contributed by atoms with van der Waals surface area (Å²) >= 11 is 0. The molecule has 0 saturated heterocycles. The van der Waals surface area contributed by atoms with Gasteiger partial charge in [-0.05, 0) is 25.7 Å². The predicted octanol–water partition coefficient (Wildman–Crippen LogP) is -0.675. The third kappa shape index (κ3) is 2.93. The molecule has 0 unspecified atom stereocenters. The van der Waals surface area contributed by atoms with Crippen LogP contribution < -0.4 is 16.2 Å². The Bertz CT molecular complexity index is 582. The van der Waals surface area contributed by atoms with Gasteiger partial charge in [0.2, 0.25) is 5.91 Å². The summed E-state index contributed by atoms with van der Waals surface area (Å²) < 4.78 is 28.5. The molecular formula is C11H19N5O3S. The van der Waals surface area contributed by atoms with Crippen molar-refractivity contribution in [1.29, 1.82) is 0 Å². The number of anilines is 1. The number of primary amides is 1. The molecule has 5 N–H and O–H groups in total. The lowest BCUT2D eigenvalue weighted by Crippen LogP contribution is -2.40. The van der Waals surface area contributed by atoms with Crippen LogP contribution in [0.4, 0.5) is 5.82 Å². The summed E-state index contributed by atoms with van der Waals surface area (Å²) in [5.74, 6) is -0.495. The van der Waals surface area contributed by atoms with Crippen molar-refractivity contribution in [2.24, 2.45) is 18.7 Å². The Morgan fingerprint density at radius 3 is 2.45 bits per heavy atom. The second-order valence-electron chi connectivity index (χ2n) is 5.12. The lowest BCUT2D eigenvalue weighted by molar-refractivity contribution is -0.122. The molecule has 0 atom stereocenters. The maximum atomic E-state index is 12.3. The zero-order valence-electron chi connectivity index (χ0n) is 11.2. The number of hydrogen-bond donors (Lipinski definition) is 3. The van der Waals surface area contributed by atoms with E-state index in [9.17, 15) is 13.2 Å². The Labute approximate surface area is 117 Å². The van der Waals surface area contributed by atoms with Gasteiger partial charge in [0.1, 0.15) is 0 Å². The molecule has 20 heavy (non-hydrogen) atoms. The van der Waals surface area contributed by atoms with Crippen molar-refractivity contribution in [1.82, 2.24) is 14.3 Å². The average Bonchev–Trinajstić information content (AvgIpc) is 2.69. The number of nitrogens with one attached hydrogen (secondary N) is 1. The second kappa shape index (κ2) is 5.41. The fourth-order valence-corrected chi connectivity index (χ4v) is 4.08. The molecule has 1 aromatic heterocycles. The number of nitrogens with two attached hydrogens (primary N) is 2. The summed E-state index contributed by atoms with van der Waals surface area (Å²) in [7, 11) is -2.14. The molecule has 1 fully saturated rings. The van der Waals surface area contributed by atoms with E-state index in [0.717, 1.165) is 0 Å². The molecule has 1 aliphatic rings. The number of carbonyl (C=O) groups is 1. The van der Waals surface area contributed by atoms with Gasteiger partial charge in [0, 0.05) is 19.0 Å². The number of sulfonamides is 1. The van der Waals surface area contributed by atoms with E-state index in [-0.39, 0.29) is 28.7 Å². The van der Waals surface area contributed by atoms with Gasteiger partial charge in [0.15, 0.2) is 10.8 Å². The van der Waals surface area contributed by atoms with Crippen molar-refractivity contribution in [3.8, 4) is 0 Å². The average molecular weight is 301 g/mol. The molecule has 1 aromatic rings. The van der Waals surface area contributed by atoms with Gasteiger partial charge in [-0.15, -0.1) is 0 Å². The molecule has 1 aliphatic carbocycles. The zero-order valence-corrected chi connectivity index (χ0v) is 12.1. The third-order valence-electron chi connectivity index (χ3n) is 3.62. The lowest BCUT2D eigenvalue weighted by Gasteiger charge is -2.27. The molecule has 1 amide bonds. The van der Waals surface area contributed by atoms with E-state index >= 15 is 0 Å². The van der Waals surface area contributed by atoms with Crippen LogP contribution in [-0.4, -0.2) is 29.9 Å². The van der Waals surface area contributed by atoms with Gasteiger partial charge in [-0.1, -0.05) is 0 Å². The minimum atomic E-state index is -3.71. The molecule has 9 heteroatoms. The highest BCUT2D eigenvalue weighted by Crippen LogP contribution is 2.25. The van der Waals surface area contributed by atoms with Crippen LogP contribution in [0.1, 0.15) is 25.7 Å². The van der Waals surface area contributed by atoms with E-state index in [2.05, 4.69) is 9.71 Å². The number of carbonyl (C=O) groups excluding carboxylic acids is 1. The highest BCUT2D eigenvalue weighted by Gasteiger charge is 2.30. The van der Waals surface area contributed by atoms with Crippen molar-refractivity contribution < 1.29 is 13.2 Å². The Balaban J connectivity index is 2.06. The topological polar surface area (TPSA) is 133 Å². The Kier molecular flexibility index (Phi) is 4.00. The monoisotopic (exact) mass is 301 g/mol. The number of amides is 1. The molecule has 0 spiro atoms. The van der Waals surface area contributed by atoms with Crippen LogP contribution in [0.5, 0.6) is 0 Å². The maximum Gasteiger partial charge on any atom is 0.260 e. The van der Waals surface area contributed by atoms with Gasteiger partial charge in [-0.2, -0.15) is 0 Å². The molecule has 0 aromatic carbocycles. The molecule has 0 aliphatic heterocycles. The van der Waals surface area contributed by atoms with Crippen molar-refractivity contribution in [3.63, 3.8) is 0 Å². The van der Waals surface area contributed by atoms with Crippen LogP contribution in [0, 0.1) is 5.92 Å². The van der Waals surface area contributed by atoms with Crippen LogP contribution in [-0.2, 0) is 21.9 Å². The molecular weight excluding hydrogens is 282 g/mol. The molecule has 112 valence electrons. The fourth-order valence-electron chi connectivity index (χ4n) is 2.54. The standard InChI is InChI=1S/C11H19N5O3S/c1-16-6-14-9(12)11(16)20(18,19)15-8-4-2-7(3-5-8)10(13)17/h6-8,15H,2-5,12H2,1H3,(H2,13,17). The number of nitrogen functional groups attached to an aromatic ring is 1. The van der Waals surface area contributed by atoms with Crippen LogP contribution in [0.15, 0.2) is 11.4 Å². The van der Waals surface area contributed by atoms with Crippen LogP contribution in [0.25, 0.3) is 0 Å². The Hall–Kier alpha value is -1.61. The Morgan fingerprint density at radius 2 is 2.00 bits per heavy atom. The summed E-state index contributed by atoms with van der Waals surface area (Å²) in [5, 5.41) is -0.0328. The molecule has 0 bridgehead atoms. The van der Waals surface area contributed by atoms with E-state index in [1.54, 1.807) is 7.05 Å². The quantitative estimate of drug-likeness (QED) is 0.678. The Morgan fingerprint density at radius 1 is 1.40 bits per heavy atom. The van der Waals surface area contributed by atoms with Gasteiger partial charge >= 0.3 is 0 Å². The number of imidazole rings is 1. The number of rotatable bonds is 4. The molecule has 2 rings (SSSR count). The first-order valence-electron chi connectivity index (χ1n) is 6.39. The van der Waals surface area contributed by atoms with E-state index in [0.29, 0.717) is 25.7 Å². The summed E-state index contributed by atoms with van der Waals surface area (Å²) in [5.41, 5.74) is 10.8. The number of aromatic nitrogens is 2. The van der Waals surface area contributed by atoms with Gasteiger partial charge in [0.25, 0.3) is 10.0 Å². The first-order valence-corrected chi connectivity index (χ1v) is 7.88. The highest BCUT2D eigenvalue weighted by molar-refractivity contribution is 7.89. The first-order chi connectivity index (χ1) is 9.31. The highest BCUT2D eigenvalue weighted by atomic mass is 32.2.